The number of aromatic nitrogens is 3. The summed E-state index contributed by atoms with van der Waals surface area (Å²) in [6.07, 6.45) is 0. The molecule has 0 aliphatic carbocycles. The van der Waals surface area contributed by atoms with Gasteiger partial charge in [-0.2, -0.15) is 9.78 Å². The number of hydrogen-bond donors (Lipinski definition) is 0. The lowest BCUT2D eigenvalue weighted by atomic mass is 10.1. The van der Waals surface area contributed by atoms with Gasteiger partial charge in [0.2, 0.25) is 5.16 Å². The van der Waals surface area contributed by atoms with Gasteiger partial charge in [0, 0.05) is 26.9 Å². The molecule has 0 fully saturated rings. The molecule has 2 heterocycles. The number of halogens is 4. The Kier molecular flexibility index (Phi) is 4.23. The minimum atomic E-state index is -0.915. The van der Waals surface area contributed by atoms with Crippen molar-refractivity contribution >= 4 is 40.7 Å². The van der Waals surface area contributed by atoms with Gasteiger partial charge in [0.1, 0.15) is 0 Å². The van der Waals surface area contributed by atoms with Gasteiger partial charge in [-0.1, -0.05) is 35.0 Å². The van der Waals surface area contributed by atoms with Crippen LogP contribution in [0.15, 0.2) is 46.7 Å². The summed E-state index contributed by atoms with van der Waals surface area (Å²) in [6, 6.07) is 8.72. The highest BCUT2D eigenvalue weighted by Gasteiger charge is 2.21. The Labute approximate surface area is 155 Å². The zero-order valence-corrected chi connectivity index (χ0v) is 14.7. The first kappa shape index (κ1) is 16.5. The van der Waals surface area contributed by atoms with E-state index in [0.717, 1.165) is 12.1 Å². The van der Waals surface area contributed by atoms with E-state index < -0.39 is 11.6 Å². The summed E-state index contributed by atoms with van der Waals surface area (Å²) in [4.78, 5) is 0. The predicted molar refractivity (Wildman–Crippen MR) is 94.5 cm³/mol. The minimum Gasteiger partial charge on any atom is -0.204 e. The molecule has 3 aromatic rings. The van der Waals surface area contributed by atoms with E-state index >= 15 is 0 Å². The predicted octanol–water partition coefficient (Wildman–Crippen LogP) is 4.89. The standard InChI is InChI=1S/C16H8Cl2F2N4S/c17-10-3-9(4-11(18)6-10)15-21-22-16-24(15)23-14(7-25-16)8-1-2-12(19)13(20)5-8/h1-6H,7H2. The second-order valence-electron chi connectivity index (χ2n) is 5.24. The molecule has 0 spiro atoms. The molecule has 0 atom stereocenters. The fourth-order valence-corrected chi connectivity index (χ4v) is 3.77. The normalized spacial score (nSPS) is 13.5. The van der Waals surface area contributed by atoms with E-state index in [1.807, 2.05) is 0 Å². The molecule has 1 aromatic heterocycles. The number of fused-ring (bicyclic) bond motifs is 1. The third-order valence-corrected chi connectivity index (χ3v) is 4.91. The molecule has 25 heavy (non-hydrogen) atoms. The third kappa shape index (κ3) is 3.15. The number of nitrogens with zero attached hydrogens (tertiary/aromatic N) is 4. The lowest BCUT2D eigenvalue weighted by Gasteiger charge is -2.14. The van der Waals surface area contributed by atoms with Gasteiger partial charge >= 0.3 is 0 Å². The molecule has 0 N–H and O–H groups in total. The Morgan fingerprint density at radius 1 is 0.920 bits per heavy atom. The van der Waals surface area contributed by atoms with E-state index in [1.165, 1.54) is 17.8 Å². The van der Waals surface area contributed by atoms with Gasteiger partial charge in [-0.15, -0.1) is 10.2 Å². The maximum Gasteiger partial charge on any atom is 0.212 e. The van der Waals surface area contributed by atoms with Crippen LogP contribution >= 0.6 is 35.0 Å². The second-order valence-corrected chi connectivity index (χ2v) is 7.06. The van der Waals surface area contributed by atoms with Gasteiger partial charge in [-0.3, -0.25) is 0 Å². The monoisotopic (exact) mass is 396 g/mol. The summed E-state index contributed by atoms with van der Waals surface area (Å²) in [7, 11) is 0. The quantitative estimate of drug-likeness (QED) is 0.619. The molecule has 0 unspecified atom stereocenters. The lowest BCUT2D eigenvalue weighted by Crippen LogP contribution is -2.14. The number of thioether (sulfide) groups is 1. The highest BCUT2D eigenvalue weighted by atomic mass is 35.5. The van der Waals surface area contributed by atoms with Crippen molar-refractivity contribution in [2.45, 2.75) is 5.16 Å². The Bertz CT molecular complexity index is 999. The smallest absolute Gasteiger partial charge is 0.204 e. The zero-order chi connectivity index (χ0) is 17.6. The first-order chi connectivity index (χ1) is 12.0. The molecule has 0 radical (unpaired) electrons. The Morgan fingerprint density at radius 3 is 2.40 bits per heavy atom. The van der Waals surface area contributed by atoms with Crippen molar-refractivity contribution in [3.63, 3.8) is 0 Å². The Morgan fingerprint density at radius 2 is 1.68 bits per heavy atom. The van der Waals surface area contributed by atoms with Crippen LogP contribution in [-0.4, -0.2) is 26.3 Å². The van der Waals surface area contributed by atoms with Gasteiger partial charge in [0.25, 0.3) is 0 Å². The lowest BCUT2D eigenvalue weighted by molar-refractivity contribution is 0.508. The summed E-state index contributed by atoms with van der Waals surface area (Å²) >= 11 is 13.5. The van der Waals surface area contributed by atoms with E-state index in [4.69, 9.17) is 23.2 Å². The van der Waals surface area contributed by atoms with Crippen LogP contribution in [0.3, 0.4) is 0 Å². The summed E-state index contributed by atoms with van der Waals surface area (Å²) in [5, 5.41) is 14.3. The average Bonchev–Trinajstić information content (AvgIpc) is 2.99. The van der Waals surface area contributed by atoms with Crippen molar-refractivity contribution < 1.29 is 8.78 Å². The van der Waals surface area contributed by atoms with Crippen molar-refractivity contribution in [1.29, 1.82) is 0 Å². The van der Waals surface area contributed by atoms with Crippen molar-refractivity contribution in [2.75, 3.05) is 5.75 Å². The first-order valence-corrected chi connectivity index (χ1v) is 8.83. The van der Waals surface area contributed by atoms with Crippen LogP contribution in [0.25, 0.3) is 11.4 Å². The van der Waals surface area contributed by atoms with Gasteiger partial charge in [0.05, 0.1) is 5.71 Å². The molecular weight excluding hydrogens is 389 g/mol. The highest BCUT2D eigenvalue weighted by molar-refractivity contribution is 7.99. The Balaban J connectivity index is 1.81. The summed E-state index contributed by atoms with van der Waals surface area (Å²) < 4.78 is 28.2. The van der Waals surface area contributed by atoms with Gasteiger partial charge in [-0.25, -0.2) is 8.78 Å². The highest BCUT2D eigenvalue weighted by Crippen LogP contribution is 2.31. The van der Waals surface area contributed by atoms with Crippen molar-refractivity contribution in [3.8, 4) is 11.4 Å². The van der Waals surface area contributed by atoms with Crippen LogP contribution in [0, 0.1) is 11.6 Å². The number of benzene rings is 2. The van der Waals surface area contributed by atoms with Crippen LogP contribution in [0.2, 0.25) is 10.0 Å². The minimum absolute atomic E-state index is 0.465. The maximum atomic E-state index is 13.5. The van der Waals surface area contributed by atoms with E-state index in [-0.39, 0.29) is 0 Å². The molecule has 4 nitrogen and oxygen atoms in total. The van der Waals surface area contributed by atoms with Gasteiger partial charge in [0.15, 0.2) is 17.5 Å². The van der Waals surface area contributed by atoms with Crippen molar-refractivity contribution in [2.24, 2.45) is 5.10 Å². The molecule has 0 bridgehead atoms. The molecule has 0 saturated heterocycles. The largest absolute Gasteiger partial charge is 0.212 e. The van der Waals surface area contributed by atoms with E-state index in [9.17, 15) is 8.78 Å². The second kappa shape index (κ2) is 6.40. The van der Waals surface area contributed by atoms with Crippen LogP contribution < -0.4 is 0 Å². The SMILES string of the molecule is Fc1ccc(C2=Nn3c(nnc3-c3cc(Cl)cc(Cl)c3)SC2)cc1F. The van der Waals surface area contributed by atoms with Gasteiger partial charge in [-0.05, 0) is 36.4 Å². The number of hydrogen-bond acceptors (Lipinski definition) is 4. The molecule has 126 valence electrons. The molecule has 0 amide bonds. The zero-order valence-electron chi connectivity index (χ0n) is 12.4. The third-order valence-electron chi connectivity index (χ3n) is 3.54. The summed E-state index contributed by atoms with van der Waals surface area (Å²) in [5.41, 5.74) is 1.75. The topological polar surface area (TPSA) is 43.1 Å². The molecule has 1 aliphatic rings. The number of rotatable bonds is 2. The summed E-state index contributed by atoms with van der Waals surface area (Å²) in [5.74, 6) is -0.875. The Hall–Kier alpha value is -1.96. The van der Waals surface area contributed by atoms with Crippen LogP contribution in [0.1, 0.15) is 5.56 Å². The molecule has 9 heteroatoms. The molecular formula is C16H8Cl2F2N4S. The van der Waals surface area contributed by atoms with Crippen molar-refractivity contribution in [3.05, 3.63) is 63.6 Å². The molecule has 4 rings (SSSR count). The first-order valence-electron chi connectivity index (χ1n) is 7.09. The van der Waals surface area contributed by atoms with Crippen LogP contribution in [-0.2, 0) is 0 Å². The maximum absolute atomic E-state index is 13.5. The van der Waals surface area contributed by atoms with E-state index in [0.29, 0.717) is 43.6 Å². The fraction of sp³-hybridized carbons (Fsp3) is 0.0625. The van der Waals surface area contributed by atoms with Crippen LogP contribution in [0.5, 0.6) is 0 Å². The summed E-state index contributed by atoms with van der Waals surface area (Å²) in [6.45, 7) is 0. The van der Waals surface area contributed by atoms with Crippen LogP contribution in [0.4, 0.5) is 8.78 Å². The van der Waals surface area contributed by atoms with E-state index in [2.05, 4.69) is 15.3 Å². The van der Waals surface area contributed by atoms with E-state index in [1.54, 1.807) is 22.9 Å². The molecule has 2 aromatic carbocycles. The molecule has 0 saturated carbocycles. The average molecular weight is 397 g/mol. The van der Waals surface area contributed by atoms with Crippen molar-refractivity contribution in [1.82, 2.24) is 14.9 Å². The molecule has 1 aliphatic heterocycles. The fourth-order valence-electron chi connectivity index (χ4n) is 2.41. The van der Waals surface area contributed by atoms with Gasteiger partial charge < -0.3 is 0 Å².